The van der Waals surface area contributed by atoms with Gasteiger partial charge in [0.15, 0.2) is 0 Å². The molecule has 0 saturated heterocycles. The van der Waals surface area contributed by atoms with Crippen LogP contribution in [-0.4, -0.2) is 25.0 Å². The van der Waals surface area contributed by atoms with Crippen molar-refractivity contribution in [3.63, 3.8) is 0 Å². The summed E-state index contributed by atoms with van der Waals surface area (Å²) in [6, 6.07) is 11.1. The van der Waals surface area contributed by atoms with Crippen LogP contribution in [0.4, 0.5) is 11.4 Å². The molecule has 0 radical (unpaired) electrons. The summed E-state index contributed by atoms with van der Waals surface area (Å²) < 4.78 is 11.6. The van der Waals surface area contributed by atoms with Crippen LogP contribution in [0.15, 0.2) is 48.6 Å². The number of amides is 2. The standard InChI is InChI=1S/C22H26N2O4/c1-14-6-8-21(19(10-14)23-17(4)25)27-12-16(3)13-28-22-9-7-15(2)11-20(22)24-18(5)26/h6-11H,3,12-13H2,1-2,4-5H3,(H,23,25)(H,24,26). The molecule has 0 aliphatic carbocycles. The molecule has 2 N–H and O–H groups in total. The smallest absolute Gasteiger partial charge is 0.221 e. The van der Waals surface area contributed by atoms with Gasteiger partial charge in [-0.15, -0.1) is 0 Å². The fourth-order valence-electron chi connectivity index (χ4n) is 2.52. The zero-order valence-corrected chi connectivity index (χ0v) is 16.7. The maximum Gasteiger partial charge on any atom is 0.221 e. The van der Waals surface area contributed by atoms with Crippen molar-refractivity contribution in [1.29, 1.82) is 0 Å². The van der Waals surface area contributed by atoms with E-state index < -0.39 is 0 Å². The van der Waals surface area contributed by atoms with E-state index in [1.54, 1.807) is 0 Å². The molecule has 0 atom stereocenters. The van der Waals surface area contributed by atoms with E-state index in [9.17, 15) is 9.59 Å². The van der Waals surface area contributed by atoms with Crippen molar-refractivity contribution >= 4 is 23.2 Å². The molecule has 0 aliphatic rings. The number of carbonyl (C=O) groups is 2. The minimum Gasteiger partial charge on any atom is -0.487 e. The molecule has 2 rings (SSSR count). The summed E-state index contributed by atoms with van der Waals surface area (Å²) in [5, 5.41) is 5.52. The Balaban J connectivity index is 1.97. The van der Waals surface area contributed by atoms with E-state index in [-0.39, 0.29) is 25.0 Å². The average Bonchev–Trinajstić information content (AvgIpc) is 2.59. The number of hydrogen-bond donors (Lipinski definition) is 2. The second kappa shape index (κ2) is 9.60. The third-order valence-corrected chi connectivity index (χ3v) is 3.76. The first-order valence-electron chi connectivity index (χ1n) is 8.93. The van der Waals surface area contributed by atoms with Crippen LogP contribution in [0.25, 0.3) is 0 Å². The normalized spacial score (nSPS) is 10.1. The van der Waals surface area contributed by atoms with Crippen LogP contribution in [0.5, 0.6) is 11.5 Å². The van der Waals surface area contributed by atoms with Gasteiger partial charge in [-0.2, -0.15) is 0 Å². The number of aryl methyl sites for hydroxylation is 2. The van der Waals surface area contributed by atoms with Crippen LogP contribution >= 0.6 is 0 Å². The number of nitrogens with one attached hydrogen (secondary N) is 2. The minimum absolute atomic E-state index is 0.164. The molecule has 0 aliphatic heterocycles. The maximum absolute atomic E-state index is 11.4. The number of benzene rings is 2. The first-order valence-corrected chi connectivity index (χ1v) is 8.93. The lowest BCUT2D eigenvalue weighted by Crippen LogP contribution is -2.13. The highest BCUT2D eigenvalue weighted by molar-refractivity contribution is 5.91. The molecule has 6 nitrogen and oxygen atoms in total. The van der Waals surface area contributed by atoms with Crippen LogP contribution in [0.3, 0.4) is 0 Å². The number of hydrogen-bond acceptors (Lipinski definition) is 4. The second-order valence-corrected chi connectivity index (χ2v) is 6.69. The summed E-state index contributed by atoms with van der Waals surface area (Å²) in [4.78, 5) is 22.7. The van der Waals surface area contributed by atoms with Crippen LogP contribution < -0.4 is 20.1 Å². The molecule has 2 aromatic rings. The Labute approximate surface area is 165 Å². The van der Waals surface area contributed by atoms with E-state index in [0.29, 0.717) is 28.4 Å². The highest BCUT2D eigenvalue weighted by Gasteiger charge is 2.09. The van der Waals surface area contributed by atoms with Gasteiger partial charge in [0.2, 0.25) is 11.8 Å². The summed E-state index contributed by atoms with van der Waals surface area (Å²) >= 11 is 0. The van der Waals surface area contributed by atoms with Crippen LogP contribution in [0.1, 0.15) is 25.0 Å². The van der Waals surface area contributed by atoms with E-state index in [2.05, 4.69) is 17.2 Å². The maximum atomic E-state index is 11.4. The van der Waals surface area contributed by atoms with Crippen molar-refractivity contribution in [2.75, 3.05) is 23.8 Å². The molecule has 28 heavy (non-hydrogen) atoms. The number of ether oxygens (including phenoxy) is 2. The van der Waals surface area contributed by atoms with E-state index >= 15 is 0 Å². The van der Waals surface area contributed by atoms with Gasteiger partial charge in [-0.25, -0.2) is 0 Å². The minimum atomic E-state index is -0.164. The summed E-state index contributed by atoms with van der Waals surface area (Å²) in [6.07, 6.45) is 0. The van der Waals surface area contributed by atoms with Crippen molar-refractivity contribution in [2.24, 2.45) is 0 Å². The Morgan fingerprint density at radius 2 is 1.21 bits per heavy atom. The third kappa shape index (κ3) is 6.46. The van der Waals surface area contributed by atoms with Crippen LogP contribution in [0, 0.1) is 13.8 Å². The molecule has 6 heteroatoms. The molecule has 0 fully saturated rings. The number of anilines is 2. The van der Waals surface area contributed by atoms with Crippen LogP contribution in [-0.2, 0) is 9.59 Å². The van der Waals surface area contributed by atoms with Gasteiger partial charge in [0.05, 0.1) is 11.4 Å². The van der Waals surface area contributed by atoms with Crippen LogP contribution in [0.2, 0.25) is 0 Å². The zero-order valence-electron chi connectivity index (χ0n) is 16.7. The van der Waals surface area contributed by atoms with E-state index in [0.717, 1.165) is 11.1 Å². The van der Waals surface area contributed by atoms with E-state index in [4.69, 9.17) is 9.47 Å². The Kier molecular flexibility index (Phi) is 7.21. The second-order valence-electron chi connectivity index (χ2n) is 6.69. The highest BCUT2D eigenvalue weighted by Crippen LogP contribution is 2.27. The molecular weight excluding hydrogens is 356 g/mol. The van der Waals surface area contributed by atoms with Crippen molar-refractivity contribution < 1.29 is 19.1 Å². The summed E-state index contributed by atoms with van der Waals surface area (Å²) in [5.74, 6) is 0.803. The quantitative estimate of drug-likeness (QED) is 0.670. The third-order valence-electron chi connectivity index (χ3n) is 3.76. The molecule has 2 amide bonds. The van der Waals surface area contributed by atoms with Crippen molar-refractivity contribution in [2.45, 2.75) is 27.7 Å². The lowest BCUT2D eigenvalue weighted by Gasteiger charge is -2.16. The van der Waals surface area contributed by atoms with Gasteiger partial charge in [0, 0.05) is 13.8 Å². The Morgan fingerprint density at radius 1 is 0.821 bits per heavy atom. The molecule has 0 bridgehead atoms. The predicted octanol–water partition coefficient (Wildman–Crippen LogP) is 4.23. The SMILES string of the molecule is C=C(COc1ccc(C)cc1NC(C)=O)COc1ccc(C)cc1NC(C)=O. The molecular formula is C22H26N2O4. The number of rotatable bonds is 8. The molecule has 0 unspecified atom stereocenters. The molecule has 0 saturated carbocycles. The van der Waals surface area contributed by atoms with E-state index in [1.165, 1.54) is 13.8 Å². The van der Waals surface area contributed by atoms with Gasteiger partial charge in [-0.05, 0) is 54.8 Å². The van der Waals surface area contributed by atoms with Crippen molar-refractivity contribution in [3.05, 3.63) is 59.7 Å². The zero-order chi connectivity index (χ0) is 20.7. The molecule has 0 heterocycles. The Hall–Kier alpha value is -3.28. The predicted molar refractivity (Wildman–Crippen MR) is 111 cm³/mol. The fourth-order valence-corrected chi connectivity index (χ4v) is 2.52. The summed E-state index contributed by atoms with van der Waals surface area (Å²) in [7, 11) is 0. The highest BCUT2D eigenvalue weighted by atomic mass is 16.5. The molecule has 0 aromatic heterocycles. The van der Waals surface area contributed by atoms with Gasteiger partial charge in [-0.3, -0.25) is 9.59 Å². The first-order chi connectivity index (χ1) is 13.2. The van der Waals surface area contributed by atoms with Crippen molar-refractivity contribution in [1.82, 2.24) is 0 Å². The van der Waals surface area contributed by atoms with Gasteiger partial charge in [0.25, 0.3) is 0 Å². The summed E-state index contributed by atoms with van der Waals surface area (Å²) in [6.45, 7) is 11.2. The first kappa shape index (κ1) is 21.0. The summed E-state index contributed by atoms with van der Waals surface area (Å²) in [5.41, 5.74) is 3.98. The van der Waals surface area contributed by atoms with E-state index in [1.807, 2.05) is 50.2 Å². The molecule has 2 aromatic carbocycles. The monoisotopic (exact) mass is 382 g/mol. The van der Waals surface area contributed by atoms with Gasteiger partial charge < -0.3 is 20.1 Å². The topological polar surface area (TPSA) is 76.7 Å². The lowest BCUT2D eigenvalue weighted by atomic mass is 10.2. The van der Waals surface area contributed by atoms with Gasteiger partial charge in [-0.1, -0.05) is 18.7 Å². The van der Waals surface area contributed by atoms with Gasteiger partial charge in [0.1, 0.15) is 24.7 Å². The molecule has 0 spiro atoms. The average molecular weight is 382 g/mol. The molecule has 148 valence electrons. The fraction of sp³-hybridized carbons (Fsp3) is 0.273. The number of carbonyl (C=O) groups excluding carboxylic acids is 2. The Morgan fingerprint density at radius 3 is 1.57 bits per heavy atom. The van der Waals surface area contributed by atoms with Gasteiger partial charge >= 0.3 is 0 Å². The lowest BCUT2D eigenvalue weighted by molar-refractivity contribution is -0.115. The van der Waals surface area contributed by atoms with Crippen molar-refractivity contribution in [3.8, 4) is 11.5 Å². The largest absolute Gasteiger partial charge is 0.487 e. The Bertz CT molecular complexity index is 819.